The fraction of sp³-hybridized carbons (Fsp3) is 0.583. The van der Waals surface area contributed by atoms with Crippen LogP contribution in [-0.2, 0) is 11.3 Å². The fourth-order valence-electron chi connectivity index (χ4n) is 1.94. The molecular formula is C12H18BrN3O2. The molecule has 1 N–H and O–H groups in total. The Balaban J connectivity index is 1.80. The molecule has 6 heteroatoms. The highest BCUT2D eigenvalue weighted by Gasteiger charge is 2.17. The first-order chi connectivity index (χ1) is 8.65. The SMILES string of the molecule is CN(Cc1ccc(Br)o1)C(=O)CN1CCNCC1. The number of carbonyl (C=O) groups excluding carboxylic acids is 1. The first-order valence-corrected chi connectivity index (χ1v) is 6.85. The minimum absolute atomic E-state index is 0.129. The zero-order valence-electron chi connectivity index (χ0n) is 10.5. The molecule has 1 aromatic rings. The van der Waals surface area contributed by atoms with E-state index in [1.54, 1.807) is 11.9 Å². The van der Waals surface area contributed by atoms with E-state index in [4.69, 9.17) is 4.42 Å². The Morgan fingerprint density at radius 2 is 2.22 bits per heavy atom. The molecule has 0 radical (unpaired) electrons. The van der Waals surface area contributed by atoms with Crippen LogP contribution < -0.4 is 5.32 Å². The van der Waals surface area contributed by atoms with Crippen molar-refractivity contribution in [3.63, 3.8) is 0 Å². The molecule has 1 fully saturated rings. The molecule has 0 bridgehead atoms. The molecule has 2 rings (SSSR count). The molecule has 100 valence electrons. The fourth-order valence-corrected chi connectivity index (χ4v) is 2.28. The van der Waals surface area contributed by atoms with Gasteiger partial charge in [-0.3, -0.25) is 9.69 Å². The Morgan fingerprint density at radius 3 is 2.83 bits per heavy atom. The number of amides is 1. The van der Waals surface area contributed by atoms with Crippen LogP contribution in [0.1, 0.15) is 5.76 Å². The van der Waals surface area contributed by atoms with E-state index in [2.05, 4.69) is 26.1 Å². The van der Waals surface area contributed by atoms with E-state index in [9.17, 15) is 4.79 Å². The molecule has 0 aromatic carbocycles. The maximum atomic E-state index is 12.0. The largest absolute Gasteiger partial charge is 0.452 e. The lowest BCUT2D eigenvalue weighted by Crippen LogP contribution is -2.47. The average Bonchev–Trinajstić information content (AvgIpc) is 2.76. The first kappa shape index (κ1) is 13.6. The number of likely N-dealkylation sites (N-methyl/N-ethyl adjacent to an activating group) is 1. The van der Waals surface area contributed by atoms with Gasteiger partial charge in [0.25, 0.3) is 0 Å². The van der Waals surface area contributed by atoms with Crippen molar-refractivity contribution < 1.29 is 9.21 Å². The summed E-state index contributed by atoms with van der Waals surface area (Å²) in [5.41, 5.74) is 0. The van der Waals surface area contributed by atoms with Crippen LogP contribution >= 0.6 is 15.9 Å². The second-order valence-electron chi connectivity index (χ2n) is 4.48. The van der Waals surface area contributed by atoms with Gasteiger partial charge >= 0.3 is 0 Å². The molecule has 0 atom stereocenters. The summed E-state index contributed by atoms with van der Waals surface area (Å²) in [6, 6.07) is 3.71. The summed E-state index contributed by atoms with van der Waals surface area (Å²) in [4.78, 5) is 15.9. The van der Waals surface area contributed by atoms with Crippen LogP contribution in [0.5, 0.6) is 0 Å². The maximum absolute atomic E-state index is 12.0. The molecule has 1 aliphatic rings. The van der Waals surface area contributed by atoms with Gasteiger partial charge in [-0.15, -0.1) is 0 Å². The van der Waals surface area contributed by atoms with Gasteiger partial charge in [-0.05, 0) is 28.1 Å². The average molecular weight is 316 g/mol. The molecular weight excluding hydrogens is 298 g/mol. The van der Waals surface area contributed by atoms with Crippen molar-refractivity contribution in [2.45, 2.75) is 6.54 Å². The van der Waals surface area contributed by atoms with Crippen LogP contribution in [0, 0.1) is 0 Å². The third-order valence-corrected chi connectivity index (χ3v) is 3.44. The lowest BCUT2D eigenvalue weighted by molar-refractivity contribution is -0.132. The normalized spacial score (nSPS) is 16.8. The second-order valence-corrected chi connectivity index (χ2v) is 5.26. The third kappa shape index (κ3) is 3.83. The molecule has 1 saturated heterocycles. The molecule has 0 spiro atoms. The summed E-state index contributed by atoms with van der Waals surface area (Å²) in [7, 11) is 1.81. The van der Waals surface area contributed by atoms with Gasteiger partial charge in [0.1, 0.15) is 5.76 Å². The van der Waals surface area contributed by atoms with Crippen molar-refractivity contribution in [1.82, 2.24) is 15.1 Å². The van der Waals surface area contributed by atoms with E-state index in [0.29, 0.717) is 17.8 Å². The number of nitrogens with one attached hydrogen (secondary N) is 1. The Hall–Kier alpha value is -0.850. The number of halogens is 1. The van der Waals surface area contributed by atoms with Crippen molar-refractivity contribution >= 4 is 21.8 Å². The van der Waals surface area contributed by atoms with Gasteiger partial charge in [0.2, 0.25) is 5.91 Å². The maximum Gasteiger partial charge on any atom is 0.236 e. The lowest BCUT2D eigenvalue weighted by Gasteiger charge is -2.28. The Bertz CT molecular complexity index is 402. The van der Waals surface area contributed by atoms with Gasteiger partial charge in [-0.25, -0.2) is 0 Å². The molecule has 0 aliphatic carbocycles. The van der Waals surface area contributed by atoms with Crippen molar-refractivity contribution in [3.8, 4) is 0 Å². The third-order valence-electron chi connectivity index (χ3n) is 3.02. The van der Waals surface area contributed by atoms with Crippen LogP contribution in [0.4, 0.5) is 0 Å². The number of rotatable bonds is 4. The zero-order chi connectivity index (χ0) is 13.0. The predicted octanol–water partition coefficient (Wildman–Crippen LogP) is 0.906. The van der Waals surface area contributed by atoms with Crippen molar-refractivity contribution in [3.05, 3.63) is 22.6 Å². The minimum Gasteiger partial charge on any atom is -0.452 e. The van der Waals surface area contributed by atoms with Crippen LogP contribution in [-0.4, -0.2) is 55.5 Å². The van der Waals surface area contributed by atoms with Crippen molar-refractivity contribution in [2.75, 3.05) is 39.8 Å². The number of hydrogen-bond acceptors (Lipinski definition) is 4. The summed E-state index contributed by atoms with van der Waals surface area (Å²) < 4.78 is 6.09. The summed E-state index contributed by atoms with van der Waals surface area (Å²) >= 11 is 3.25. The van der Waals surface area contributed by atoms with Crippen LogP contribution in [0.2, 0.25) is 0 Å². The van der Waals surface area contributed by atoms with Gasteiger partial charge in [-0.1, -0.05) is 0 Å². The van der Waals surface area contributed by atoms with E-state index < -0.39 is 0 Å². The highest BCUT2D eigenvalue weighted by molar-refractivity contribution is 9.10. The van der Waals surface area contributed by atoms with E-state index in [1.807, 2.05) is 12.1 Å². The van der Waals surface area contributed by atoms with Gasteiger partial charge in [0.05, 0.1) is 13.1 Å². The molecule has 2 heterocycles. The smallest absolute Gasteiger partial charge is 0.236 e. The van der Waals surface area contributed by atoms with Crippen molar-refractivity contribution in [1.29, 1.82) is 0 Å². The molecule has 0 saturated carbocycles. The molecule has 1 amide bonds. The van der Waals surface area contributed by atoms with Crippen LogP contribution in [0.25, 0.3) is 0 Å². The Morgan fingerprint density at radius 1 is 1.50 bits per heavy atom. The summed E-state index contributed by atoms with van der Waals surface area (Å²) in [5, 5.41) is 3.27. The number of hydrogen-bond donors (Lipinski definition) is 1. The summed E-state index contributed by atoms with van der Waals surface area (Å²) in [6.45, 7) is 4.79. The lowest BCUT2D eigenvalue weighted by atomic mass is 10.3. The van der Waals surface area contributed by atoms with Gasteiger partial charge in [0.15, 0.2) is 4.67 Å². The molecule has 1 aliphatic heterocycles. The van der Waals surface area contributed by atoms with E-state index in [-0.39, 0.29) is 5.91 Å². The van der Waals surface area contributed by atoms with Gasteiger partial charge in [0, 0.05) is 33.2 Å². The number of carbonyl (C=O) groups is 1. The van der Waals surface area contributed by atoms with Gasteiger partial charge in [-0.2, -0.15) is 0 Å². The van der Waals surface area contributed by atoms with Crippen LogP contribution in [0.15, 0.2) is 21.2 Å². The minimum atomic E-state index is 0.129. The Kier molecular flexibility index (Phi) is 4.79. The van der Waals surface area contributed by atoms with E-state index >= 15 is 0 Å². The zero-order valence-corrected chi connectivity index (χ0v) is 12.1. The highest BCUT2D eigenvalue weighted by atomic mass is 79.9. The highest BCUT2D eigenvalue weighted by Crippen LogP contribution is 2.15. The monoisotopic (exact) mass is 315 g/mol. The summed E-state index contributed by atoms with van der Waals surface area (Å²) in [5.74, 6) is 0.919. The number of furan rings is 1. The molecule has 5 nitrogen and oxygen atoms in total. The summed E-state index contributed by atoms with van der Waals surface area (Å²) in [6.07, 6.45) is 0. The standard InChI is InChI=1S/C12H18BrN3O2/c1-15(8-10-2-3-11(13)18-10)12(17)9-16-6-4-14-5-7-16/h2-3,14H,4-9H2,1H3. The molecule has 1 aromatic heterocycles. The molecule has 18 heavy (non-hydrogen) atoms. The second kappa shape index (κ2) is 6.36. The van der Waals surface area contributed by atoms with E-state index in [1.165, 1.54) is 0 Å². The van der Waals surface area contributed by atoms with Crippen molar-refractivity contribution in [2.24, 2.45) is 0 Å². The quantitative estimate of drug-likeness (QED) is 0.897. The Labute approximate surface area is 115 Å². The first-order valence-electron chi connectivity index (χ1n) is 6.06. The van der Waals surface area contributed by atoms with Gasteiger partial charge < -0.3 is 14.6 Å². The van der Waals surface area contributed by atoms with E-state index in [0.717, 1.165) is 31.9 Å². The van der Waals surface area contributed by atoms with Crippen LogP contribution in [0.3, 0.4) is 0 Å². The topological polar surface area (TPSA) is 48.7 Å². The number of piperazine rings is 1. The molecule has 0 unspecified atom stereocenters. The number of nitrogens with zero attached hydrogens (tertiary/aromatic N) is 2. The predicted molar refractivity (Wildman–Crippen MR) is 72.2 cm³/mol.